The minimum Gasteiger partial charge on any atom is -0.327 e. The number of hydrogen-bond acceptors (Lipinski definition) is 3. The van der Waals surface area contributed by atoms with Crippen LogP contribution in [0, 0.1) is 0 Å². The van der Waals surface area contributed by atoms with E-state index in [0.29, 0.717) is 15.6 Å². The molecule has 0 saturated carbocycles. The molecule has 2 amide bonds. The van der Waals surface area contributed by atoms with Crippen LogP contribution in [0.1, 0.15) is 15.9 Å². The number of thiocarbonyl (C=S) groups is 1. The van der Waals surface area contributed by atoms with Gasteiger partial charge in [0, 0.05) is 10.0 Å². The van der Waals surface area contributed by atoms with E-state index in [2.05, 4.69) is 5.32 Å². The molecule has 126 valence electrons. The molecule has 2 aromatic carbocycles. The van der Waals surface area contributed by atoms with Crippen LogP contribution < -0.4 is 5.32 Å². The number of carbonyl (C=O) groups is 2. The van der Waals surface area contributed by atoms with Crippen molar-refractivity contribution >= 4 is 70.0 Å². The number of hydrogen-bond donors (Lipinski definition) is 1. The molecule has 2 aromatic rings. The Balaban J connectivity index is 1.94. The van der Waals surface area contributed by atoms with Gasteiger partial charge < -0.3 is 5.32 Å². The summed E-state index contributed by atoms with van der Waals surface area (Å²) >= 11 is 23.1. The number of halogens is 3. The summed E-state index contributed by atoms with van der Waals surface area (Å²) in [5, 5.41) is 3.70. The Hall–Kier alpha value is -1.92. The first-order valence-electron chi connectivity index (χ1n) is 6.99. The molecule has 3 rings (SSSR count). The van der Waals surface area contributed by atoms with E-state index in [4.69, 9.17) is 47.0 Å². The van der Waals surface area contributed by atoms with Gasteiger partial charge in [0.1, 0.15) is 5.70 Å². The summed E-state index contributed by atoms with van der Waals surface area (Å²) < 4.78 is 0. The van der Waals surface area contributed by atoms with Crippen LogP contribution in [0.2, 0.25) is 15.1 Å². The minimum atomic E-state index is -0.633. The first-order chi connectivity index (χ1) is 11.9. The average Bonchev–Trinajstić information content (AvgIpc) is 2.83. The topological polar surface area (TPSA) is 49.4 Å². The maximum Gasteiger partial charge on any atom is 0.283 e. The van der Waals surface area contributed by atoms with Gasteiger partial charge in [-0.25, -0.2) is 4.90 Å². The van der Waals surface area contributed by atoms with Gasteiger partial charge in [-0.15, -0.1) is 0 Å². The van der Waals surface area contributed by atoms with E-state index in [9.17, 15) is 9.59 Å². The highest BCUT2D eigenvalue weighted by Gasteiger charge is 2.37. The Bertz CT molecular complexity index is 943. The summed E-state index contributed by atoms with van der Waals surface area (Å²) in [6.07, 6.45) is 1.54. The van der Waals surface area contributed by atoms with Crippen LogP contribution >= 0.6 is 47.0 Å². The molecular formula is C17H9Cl3N2O2S. The third-order valence-electron chi connectivity index (χ3n) is 3.45. The lowest BCUT2D eigenvalue weighted by Crippen LogP contribution is -2.36. The van der Waals surface area contributed by atoms with E-state index in [1.54, 1.807) is 24.3 Å². The van der Waals surface area contributed by atoms with Crippen LogP contribution in [0.3, 0.4) is 0 Å². The second kappa shape index (κ2) is 7.14. The fourth-order valence-corrected chi connectivity index (χ4v) is 3.21. The van der Waals surface area contributed by atoms with Gasteiger partial charge in [0.2, 0.25) is 0 Å². The number of nitrogens with zero attached hydrogens (tertiary/aromatic N) is 1. The Kier molecular flexibility index (Phi) is 5.11. The lowest BCUT2D eigenvalue weighted by molar-refractivity contribution is -0.120. The van der Waals surface area contributed by atoms with Crippen molar-refractivity contribution in [3.8, 4) is 0 Å². The summed E-state index contributed by atoms with van der Waals surface area (Å²) in [7, 11) is 0. The number of imide groups is 1. The second-order valence-electron chi connectivity index (χ2n) is 5.08. The molecule has 0 atom stereocenters. The van der Waals surface area contributed by atoms with Gasteiger partial charge >= 0.3 is 0 Å². The fourth-order valence-electron chi connectivity index (χ4n) is 2.25. The highest BCUT2D eigenvalue weighted by Crippen LogP contribution is 2.25. The van der Waals surface area contributed by atoms with Gasteiger partial charge in [-0.1, -0.05) is 53.0 Å². The normalized spacial score (nSPS) is 15.6. The predicted octanol–water partition coefficient (Wildman–Crippen LogP) is 4.54. The van der Waals surface area contributed by atoms with Crippen LogP contribution in [-0.4, -0.2) is 21.8 Å². The van der Waals surface area contributed by atoms with E-state index in [1.807, 2.05) is 0 Å². The van der Waals surface area contributed by atoms with E-state index in [1.165, 1.54) is 24.3 Å². The smallest absolute Gasteiger partial charge is 0.283 e. The maximum absolute atomic E-state index is 12.7. The molecule has 25 heavy (non-hydrogen) atoms. The summed E-state index contributed by atoms with van der Waals surface area (Å²) in [4.78, 5) is 26.1. The van der Waals surface area contributed by atoms with Crippen LogP contribution in [0.25, 0.3) is 6.08 Å². The number of carbonyl (C=O) groups excluding carboxylic acids is 2. The Morgan fingerprint density at radius 2 is 1.80 bits per heavy atom. The Morgan fingerprint density at radius 1 is 1.08 bits per heavy atom. The molecule has 1 saturated heterocycles. The van der Waals surface area contributed by atoms with Crippen LogP contribution in [0.15, 0.2) is 48.2 Å². The zero-order valence-corrected chi connectivity index (χ0v) is 15.5. The number of rotatable bonds is 2. The van der Waals surface area contributed by atoms with Crippen molar-refractivity contribution in [2.45, 2.75) is 0 Å². The molecule has 0 bridgehead atoms. The highest BCUT2D eigenvalue weighted by atomic mass is 35.5. The van der Waals surface area contributed by atoms with Crippen LogP contribution in [0.4, 0.5) is 0 Å². The lowest BCUT2D eigenvalue weighted by atomic mass is 10.1. The van der Waals surface area contributed by atoms with Gasteiger partial charge in [0.05, 0.1) is 10.6 Å². The van der Waals surface area contributed by atoms with E-state index >= 15 is 0 Å². The van der Waals surface area contributed by atoms with Gasteiger partial charge in [0.25, 0.3) is 11.8 Å². The van der Waals surface area contributed by atoms with Crippen LogP contribution in [-0.2, 0) is 4.79 Å². The summed E-state index contributed by atoms with van der Waals surface area (Å²) in [5.74, 6) is -1.22. The average molecular weight is 412 g/mol. The molecular weight excluding hydrogens is 403 g/mol. The standard InChI is InChI=1S/C17H9Cl3N2O2S/c18-10-5-6-11(13(20)8-10)15(23)22-16(24)14(21-17(22)25)7-9-3-1-2-4-12(9)19/h1-8H,(H,21,25). The molecule has 0 unspecified atom stereocenters. The molecule has 1 N–H and O–H groups in total. The SMILES string of the molecule is O=C1C(=Cc2ccccc2Cl)NC(=S)N1C(=O)c1ccc(Cl)cc1Cl. The van der Waals surface area contributed by atoms with Crippen molar-refractivity contribution in [2.75, 3.05) is 0 Å². The van der Waals surface area contributed by atoms with E-state index < -0.39 is 11.8 Å². The van der Waals surface area contributed by atoms with Gasteiger partial charge in [0.15, 0.2) is 5.11 Å². The number of nitrogens with one attached hydrogen (secondary N) is 1. The molecule has 0 aromatic heterocycles. The minimum absolute atomic E-state index is 0.0284. The molecule has 1 fully saturated rings. The second-order valence-corrected chi connectivity index (χ2v) is 6.72. The third-order valence-corrected chi connectivity index (χ3v) is 4.62. The van der Waals surface area contributed by atoms with Gasteiger partial charge in [-0.2, -0.15) is 0 Å². The molecule has 4 nitrogen and oxygen atoms in total. The predicted molar refractivity (Wildman–Crippen MR) is 103 cm³/mol. The fraction of sp³-hybridized carbons (Fsp3) is 0. The maximum atomic E-state index is 12.7. The first kappa shape index (κ1) is 17.9. The van der Waals surface area contributed by atoms with Crippen molar-refractivity contribution in [1.82, 2.24) is 10.2 Å². The number of amides is 2. The Labute approximate surface area is 164 Å². The molecule has 0 aliphatic carbocycles. The van der Waals surface area contributed by atoms with Crippen molar-refractivity contribution in [3.05, 3.63) is 74.4 Å². The monoisotopic (exact) mass is 410 g/mol. The Morgan fingerprint density at radius 3 is 2.48 bits per heavy atom. The van der Waals surface area contributed by atoms with Crippen LogP contribution in [0.5, 0.6) is 0 Å². The molecule has 1 aliphatic rings. The summed E-state index contributed by atoms with van der Waals surface area (Å²) in [6.45, 7) is 0. The van der Waals surface area contributed by atoms with Crippen molar-refractivity contribution < 1.29 is 9.59 Å². The van der Waals surface area contributed by atoms with E-state index in [-0.39, 0.29) is 21.4 Å². The largest absolute Gasteiger partial charge is 0.327 e. The molecule has 1 heterocycles. The summed E-state index contributed by atoms with van der Waals surface area (Å²) in [6, 6.07) is 11.4. The summed E-state index contributed by atoms with van der Waals surface area (Å²) in [5.41, 5.74) is 0.903. The zero-order valence-electron chi connectivity index (χ0n) is 12.4. The van der Waals surface area contributed by atoms with E-state index in [0.717, 1.165) is 4.90 Å². The van der Waals surface area contributed by atoms with Crippen molar-refractivity contribution in [2.24, 2.45) is 0 Å². The quantitative estimate of drug-likeness (QED) is 0.448. The molecule has 1 aliphatic heterocycles. The van der Waals surface area contributed by atoms with Gasteiger partial charge in [-0.05, 0) is 48.1 Å². The molecule has 0 spiro atoms. The van der Waals surface area contributed by atoms with Gasteiger partial charge in [-0.3, -0.25) is 9.59 Å². The highest BCUT2D eigenvalue weighted by molar-refractivity contribution is 7.80. The molecule has 8 heteroatoms. The van der Waals surface area contributed by atoms with Crippen molar-refractivity contribution in [3.63, 3.8) is 0 Å². The zero-order chi connectivity index (χ0) is 18.1. The molecule has 0 radical (unpaired) electrons. The number of benzene rings is 2. The van der Waals surface area contributed by atoms with Crippen molar-refractivity contribution in [1.29, 1.82) is 0 Å². The lowest BCUT2D eigenvalue weighted by Gasteiger charge is -2.13. The first-order valence-corrected chi connectivity index (χ1v) is 8.54. The third kappa shape index (κ3) is 3.55.